The maximum absolute atomic E-state index is 6.24. The van der Waals surface area contributed by atoms with Crippen molar-refractivity contribution in [1.82, 2.24) is 19.5 Å². The van der Waals surface area contributed by atoms with Crippen LogP contribution in [-0.4, -0.2) is 19.5 Å². The SMILES string of the molecule is c1ccc2c(c1)oc1cc(-c3nc(-c4ccc5c(c4)oc4ccccc45)nc(-n4c5ccccc5c5ccccc54)n3)ccc12. The van der Waals surface area contributed by atoms with Crippen molar-refractivity contribution in [2.75, 3.05) is 0 Å². The smallest absolute Gasteiger partial charge is 0.238 e. The second kappa shape index (κ2) is 9.11. The normalized spacial score (nSPS) is 12.0. The lowest BCUT2D eigenvalue weighted by atomic mass is 10.1. The van der Waals surface area contributed by atoms with Gasteiger partial charge in [-0.05, 0) is 48.5 Å². The first-order chi connectivity index (χ1) is 22.3. The van der Waals surface area contributed by atoms with Gasteiger partial charge in [-0.25, -0.2) is 4.98 Å². The number of hydrogen-bond donors (Lipinski definition) is 0. The van der Waals surface area contributed by atoms with E-state index >= 15 is 0 Å². The molecular weight excluding hydrogens is 556 g/mol. The molecule has 0 bridgehead atoms. The summed E-state index contributed by atoms with van der Waals surface area (Å²) in [5.41, 5.74) is 7.03. The third kappa shape index (κ3) is 3.60. The summed E-state index contributed by atoms with van der Waals surface area (Å²) in [7, 11) is 0. The van der Waals surface area contributed by atoms with E-state index in [1.807, 2.05) is 60.7 Å². The molecule has 4 aromatic heterocycles. The van der Waals surface area contributed by atoms with Crippen molar-refractivity contribution in [3.05, 3.63) is 133 Å². The molecule has 0 atom stereocenters. The molecule has 0 spiro atoms. The summed E-state index contributed by atoms with van der Waals surface area (Å²) in [6.07, 6.45) is 0. The van der Waals surface area contributed by atoms with Crippen molar-refractivity contribution in [3.63, 3.8) is 0 Å². The molecule has 0 aliphatic carbocycles. The van der Waals surface area contributed by atoms with E-state index in [0.29, 0.717) is 17.6 Å². The lowest BCUT2D eigenvalue weighted by molar-refractivity contribution is 0.668. The average molecular weight is 579 g/mol. The highest BCUT2D eigenvalue weighted by molar-refractivity contribution is 6.09. The zero-order valence-electron chi connectivity index (χ0n) is 23.8. The van der Waals surface area contributed by atoms with Crippen LogP contribution in [0.1, 0.15) is 0 Å². The molecule has 10 rings (SSSR count). The highest BCUT2D eigenvalue weighted by Crippen LogP contribution is 2.36. The monoisotopic (exact) mass is 578 g/mol. The third-order valence-corrected chi connectivity index (χ3v) is 8.68. The molecular formula is C39H22N4O2. The van der Waals surface area contributed by atoms with Crippen molar-refractivity contribution < 1.29 is 8.83 Å². The predicted octanol–water partition coefficient (Wildman–Crippen LogP) is 10.1. The van der Waals surface area contributed by atoms with Gasteiger partial charge in [-0.3, -0.25) is 4.57 Å². The van der Waals surface area contributed by atoms with Crippen LogP contribution in [0.4, 0.5) is 0 Å². The fourth-order valence-electron chi connectivity index (χ4n) is 6.59. The Morgan fingerprint density at radius 1 is 0.378 bits per heavy atom. The van der Waals surface area contributed by atoms with Crippen LogP contribution in [0.5, 0.6) is 0 Å². The summed E-state index contributed by atoms with van der Waals surface area (Å²) >= 11 is 0. The predicted molar refractivity (Wildman–Crippen MR) is 180 cm³/mol. The molecule has 210 valence electrons. The Morgan fingerprint density at radius 3 is 1.31 bits per heavy atom. The Balaban J connectivity index is 1.24. The van der Waals surface area contributed by atoms with E-state index in [9.17, 15) is 0 Å². The highest BCUT2D eigenvalue weighted by Gasteiger charge is 2.19. The number of hydrogen-bond acceptors (Lipinski definition) is 5. The van der Waals surface area contributed by atoms with Crippen molar-refractivity contribution in [1.29, 1.82) is 0 Å². The summed E-state index contributed by atoms with van der Waals surface area (Å²) in [6, 6.07) is 45.2. The maximum atomic E-state index is 6.24. The first-order valence-electron chi connectivity index (χ1n) is 14.9. The summed E-state index contributed by atoms with van der Waals surface area (Å²) < 4.78 is 14.6. The second-order valence-electron chi connectivity index (χ2n) is 11.3. The first-order valence-corrected chi connectivity index (χ1v) is 14.9. The van der Waals surface area contributed by atoms with Gasteiger partial charge < -0.3 is 8.83 Å². The molecule has 0 unspecified atom stereocenters. The Hall–Kier alpha value is -6.27. The maximum Gasteiger partial charge on any atom is 0.238 e. The van der Waals surface area contributed by atoms with Gasteiger partial charge >= 0.3 is 0 Å². The van der Waals surface area contributed by atoms with Crippen LogP contribution in [0, 0.1) is 0 Å². The fraction of sp³-hybridized carbons (Fsp3) is 0. The van der Waals surface area contributed by atoms with Crippen LogP contribution in [0.3, 0.4) is 0 Å². The van der Waals surface area contributed by atoms with Crippen LogP contribution in [0.2, 0.25) is 0 Å². The van der Waals surface area contributed by atoms with Crippen LogP contribution >= 0.6 is 0 Å². The van der Waals surface area contributed by atoms with Gasteiger partial charge in [0.2, 0.25) is 5.95 Å². The van der Waals surface area contributed by atoms with E-state index in [0.717, 1.165) is 76.8 Å². The van der Waals surface area contributed by atoms with Gasteiger partial charge in [-0.1, -0.05) is 84.9 Å². The molecule has 45 heavy (non-hydrogen) atoms. The summed E-state index contributed by atoms with van der Waals surface area (Å²) in [4.78, 5) is 15.3. The Labute approximate surface area is 255 Å². The zero-order chi connectivity index (χ0) is 29.5. The van der Waals surface area contributed by atoms with Crippen molar-refractivity contribution in [2.45, 2.75) is 0 Å². The molecule has 4 heterocycles. The van der Waals surface area contributed by atoms with Crippen molar-refractivity contribution in [2.24, 2.45) is 0 Å². The molecule has 6 aromatic carbocycles. The zero-order valence-corrected chi connectivity index (χ0v) is 23.8. The summed E-state index contributed by atoms with van der Waals surface area (Å²) in [6.45, 7) is 0. The van der Waals surface area contributed by atoms with Gasteiger partial charge in [0, 0.05) is 43.4 Å². The van der Waals surface area contributed by atoms with E-state index in [1.165, 1.54) is 0 Å². The molecule has 0 aliphatic rings. The standard InChI is InChI=1S/C39H22N4O2/c1-5-13-31-25(9-1)26-10-2-6-14-32(26)43(31)39-41-37(23-17-19-29-27-11-3-7-15-33(27)44-35(29)21-23)40-38(42-39)24-18-20-30-28-12-4-8-16-34(28)45-36(30)22-24/h1-22H. The number of furan rings is 2. The fourth-order valence-corrected chi connectivity index (χ4v) is 6.59. The van der Waals surface area contributed by atoms with E-state index < -0.39 is 0 Å². The Morgan fingerprint density at radius 2 is 0.800 bits per heavy atom. The number of para-hydroxylation sites is 4. The van der Waals surface area contributed by atoms with Crippen LogP contribution in [-0.2, 0) is 0 Å². The number of rotatable bonds is 3. The topological polar surface area (TPSA) is 69.9 Å². The molecule has 6 nitrogen and oxygen atoms in total. The quantitative estimate of drug-likeness (QED) is 0.209. The van der Waals surface area contributed by atoms with Crippen LogP contribution in [0.15, 0.2) is 142 Å². The minimum absolute atomic E-state index is 0.543. The van der Waals surface area contributed by atoms with Crippen LogP contribution in [0.25, 0.3) is 94.4 Å². The van der Waals surface area contributed by atoms with E-state index in [4.69, 9.17) is 23.8 Å². The Kier molecular flexibility index (Phi) is 4.90. The number of benzene rings is 6. The minimum atomic E-state index is 0.543. The second-order valence-corrected chi connectivity index (χ2v) is 11.3. The average Bonchev–Trinajstić information content (AvgIpc) is 3.77. The largest absolute Gasteiger partial charge is 0.456 e. The highest BCUT2D eigenvalue weighted by atomic mass is 16.3. The molecule has 6 heteroatoms. The summed E-state index contributed by atoms with van der Waals surface area (Å²) in [5.74, 6) is 1.66. The molecule has 0 N–H and O–H groups in total. The molecule has 0 amide bonds. The van der Waals surface area contributed by atoms with E-state index in [-0.39, 0.29) is 0 Å². The third-order valence-electron chi connectivity index (χ3n) is 8.68. The van der Waals surface area contributed by atoms with Crippen molar-refractivity contribution >= 4 is 65.7 Å². The summed E-state index contributed by atoms with van der Waals surface area (Å²) in [5, 5.41) is 6.57. The van der Waals surface area contributed by atoms with Crippen molar-refractivity contribution in [3.8, 4) is 28.7 Å². The molecule has 10 aromatic rings. The van der Waals surface area contributed by atoms with Gasteiger partial charge in [0.05, 0.1) is 11.0 Å². The number of aromatic nitrogens is 4. The van der Waals surface area contributed by atoms with E-state index in [1.54, 1.807) is 0 Å². The lowest BCUT2D eigenvalue weighted by Gasteiger charge is -2.11. The minimum Gasteiger partial charge on any atom is -0.456 e. The number of fused-ring (bicyclic) bond motifs is 9. The van der Waals surface area contributed by atoms with E-state index in [2.05, 4.69) is 77.4 Å². The molecule has 0 saturated heterocycles. The number of nitrogens with zero attached hydrogens (tertiary/aromatic N) is 4. The molecule has 0 radical (unpaired) electrons. The first kappa shape index (κ1) is 24.2. The van der Waals surface area contributed by atoms with Gasteiger partial charge in [-0.15, -0.1) is 0 Å². The van der Waals surface area contributed by atoms with Gasteiger partial charge in [0.1, 0.15) is 22.3 Å². The Bertz CT molecular complexity index is 2600. The molecule has 0 saturated carbocycles. The van der Waals surface area contributed by atoms with Gasteiger partial charge in [0.15, 0.2) is 11.6 Å². The van der Waals surface area contributed by atoms with Crippen LogP contribution < -0.4 is 0 Å². The van der Waals surface area contributed by atoms with Gasteiger partial charge in [-0.2, -0.15) is 9.97 Å². The van der Waals surface area contributed by atoms with Gasteiger partial charge in [0.25, 0.3) is 0 Å². The molecule has 0 fully saturated rings. The molecule has 0 aliphatic heterocycles. The lowest BCUT2D eigenvalue weighted by Crippen LogP contribution is -2.06.